The van der Waals surface area contributed by atoms with Crippen LogP contribution in [0.4, 0.5) is 8.78 Å². The van der Waals surface area contributed by atoms with Gasteiger partial charge < -0.3 is 0 Å². The quantitative estimate of drug-likeness (QED) is 0.629. The van der Waals surface area contributed by atoms with Gasteiger partial charge in [-0.05, 0) is 13.8 Å². The van der Waals surface area contributed by atoms with Gasteiger partial charge in [-0.2, -0.15) is 0 Å². The molecule has 0 aliphatic heterocycles. The van der Waals surface area contributed by atoms with Crippen molar-refractivity contribution in [1.82, 2.24) is 19.9 Å². The van der Waals surface area contributed by atoms with Crippen LogP contribution in [0.1, 0.15) is 51.2 Å². The van der Waals surface area contributed by atoms with Crippen LogP contribution in [0.2, 0.25) is 0 Å². The van der Waals surface area contributed by atoms with Crippen LogP contribution in [-0.4, -0.2) is 47.3 Å². The van der Waals surface area contributed by atoms with Crippen molar-refractivity contribution in [3.05, 3.63) is 48.1 Å². The average Bonchev–Trinajstić information content (AvgIpc) is 2.66. The number of hydrogen-bond acceptors (Lipinski definition) is 8. The van der Waals surface area contributed by atoms with E-state index in [2.05, 4.69) is 19.9 Å². The molecule has 2 aromatic rings. The first-order valence-corrected chi connectivity index (χ1v) is 11.8. The summed E-state index contributed by atoms with van der Waals surface area (Å²) in [6.45, 7) is 6.18. The van der Waals surface area contributed by atoms with Crippen LogP contribution in [0.15, 0.2) is 24.8 Å². The fourth-order valence-electron chi connectivity index (χ4n) is 2.10. The zero-order valence-corrected chi connectivity index (χ0v) is 18.4. The molecule has 2 aromatic heterocycles. The number of aromatic nitrogens is 4. The minimum atomic E-state index is -3.63. The Kier molecular flexibility index (Phi) is 8.83. The van der Waals surface area contributed by atoms with Gasteiger partial charge in [0.05, 0.1) is 35.3 Å². The molecule has 2 heterocycles. The van der Waals surface area contributed by atoms with Crippen LogP contribution >= 0.6 is 0 Å². The molecule has 0 fully saturated rings. The van der Waals surface area contributed by atoms with E-state index >= 15 is 0 Å². The van der Waals surface area contributed by atoms with Gasteiger partial charge in [0, 0.05) is 11.8 Å². The average molecular weight is 467 g/mol. The maximum Gasteiger partial charge on any atom is 0.212 e. The summed E-state index contributed by atoms with van der Waals surface area (Å²) in [5.41, 5.74) is 0. The Bertz CT molecular complexity index is 949. The van der Waals surface area contributed by atoms with Gasteiger partial charge in [0.25, 0.3) is 0 Å². The Balaban J connectivity index is 0.000000300. The Hall–Kier alpha value is -2.16. The molecule has 14 heteroatoms. The fourth-order valence-corrected chi connectivity index (χ4v) is 3.49. The van der Waals surface area contributed by atoms with E-state index in [4.69, 9.17) is 10.3 Å². The third-order valence-corrected chi connectivity index (χ3v) is 7.43. The van der Waals surface area contributed by atoms with Crippen LogP contribution < -0.4 is 10.3 Å². The SMILES string of the molecule is C[C@@H](c1ncc(F)cn1)[C@H](C)S(N)(=O)=O.C[C@H](c1ncc(F)cn1)[C@@H](C)S(N)(=O)=O. The first-order valence-electron chi connectivity index (χ1n) is 8.62. The second-order valence-corrected chi connectivity index (χ2v) is 10.5. The van der Waals surface area contributed by atoms with Crippen LogP contribution in [0.3, 0.4) is 0 Å². The molecule has 0 unspecified atom stereocenters. The number of nitrogens with two attached hydrogens (primary N) is 2. The Morgan fingerprint density at radius 3 is 1.10 bits per heavy atom. The van der Waals surface area contributed by atoms with E-state index in [9.17, 15) is 25.6 Å². The van der Waals surface area contributed by atoms with E-state index in [0.29, 0.717) is 0 Å². The van der Waals surface area contributed by atoms with Crippen molar-refractivity contribution in [3.8, 4) is 0 Å². The zero-order chi connectivity index (χ0) is 23.3. The molecule has 4 atom stereocenters. The lowest BCUT2D eigenvalue weighted by molar-refractivity contribution is 0.558. The first-order chi connectivity index (χ1) is 13.6. The molecule has 4 N–H and O–H groups in total. The summed E-state index contributed by atoms with van der Waals surface area (Å²) in [6, 6.07) is 0. The summed E-state index contributed by atoms with van der Waals surface area (Å²) < 4.78 is 69.3. The van der Waals surface area contributed by atoms with E-state index in [1.807, 2.05) is 0 Å². The smallest absolute Gasteiger partial charge is 0.212 e. The molecule has 2 rings (SSSR count). The van der Waals surface area contributed by atoms with E-state index in [1.54, 1.807) is 13.8 Å². The van der Waals surface area contributed by atoms with Crippen LogP contribution in [0.5, 0.6) is 0 Å². The molecule has 0 bridgehead atoms. The number of rotatable bonds is 6. The van der Waals surface area contributed by atoms with Gasteiger partial charge in [-0.15, -0.1) is 0 Å². The minimum Gasteiger partial charge on any atom is -0.238 e. The van der Waals surface area contributed by atoms with Crippen molar-refractivity contribution in [2.45, 2.75) is 50.0 Å². The van der Waals surface area contributed by atoms with Crippen LogP contribution in [-0.2, 0) is 20.0 Å². The van der Waals surface area contributed by atoms with Gasteiger partial charge in [0.1, 0.15) is 11.6 Å². The number of sulfonamides is 2. The fraction of sp³-hybridized carbons (Fsp3) is 0.500. The molecule has 0 radical (unpaired) electrons. The minimum absolute atomic E-state index is 0.262. The highest BCUT2D eigenvalue weighted by molar-refractivity contribution is 7.90. The molecule has 0 aromatic carbocycles. The molecular weight excluding hydrogens is 442 g/mol. The standard InChI is InChI=1S/2C8H12FN3O2S/c2*1-5(6(2)15(10,13)14)8-11-3-7(9)4-12-8/h2*3-6H,1-2H3,(H2,10,13,14)/t2*5-,6+/m10/s1. The molecular formula is C16H24F2N6O4S2. The summed E-state index contributed by atoms with van der Waals surface area (Å²) >= 11 is 0. The Morgan fingerprint density at radius 1 is 0.667 bits per heavy atom. The molecule has 0 aliphatic rings. The number of hydrogen-bond donors (Lipinski definition) is 2. The van der Waals surface area contributed by atoms with Crippen molar-refractivity contribution < 1.29 is 25.6 Å². The van der Waals surface area contributed by atoms with Crippen molar-refractivity contribution in [2.24, 2.45) is 10.3 Å². The third kappa shape index (κ3) is 7.59. The second kappa shape index (κ2) is 10.2. The molecule has 0 saturated heterocycles. The van der Waals surface area contributed by atoms with E-state index in [-0.39, 0.29) is 11.6 Å². The monoisotopic (exact) mass is 466 g/mol. The molecule has 168 valence electrons. The number of primary sulfonamides is 2. The van der Waals surface area contributed by atoms with Crippen LogP contribution in [0, 0.1) is 11.6 Å². The van der Waals surface area contributed by atoms with Crippen molar-refractivity contribution >= 4 is 20.0 Å². The van der Waals surface area contributed by atoms with Crippen LogP contribution in [0.25, 0.3) is 0 Å². The van der Waals surface area contributed by atoms with E-state index < -0.39 is 54.0 Å². The van der Waals surface area contributed by atoms with Gasteiger partial charge in [-0.1, -0.05) is 13.8 Å². The predicted octanol–water partition coefficient (Wildman–Crippen LogP) is 0.792. The van der Waals surface area contributed by atoms with Gasteiger partial charge in [0.15, 0.2) is 11.6 Å². The lowest BCUT2D eigenvalue weighted by Crippen LogP contribution is -2.31. The second-order valence-electron chi connectivity index (χ2n) is 6.68. The van der Waals surface area contributed by atoms with Gasteiger partial charge in [-0.3, -0.25) is 0 Å². The normalized spacial score (nSPS) is 16.0. The van der Waals surface area contributed by atoms with Crippen molar-refractivity contribution in [3.63, 3.8) is 0 Å². The lowest BCUT2D eigenvalue weighted by Gasteiger charge is -2.15. The van der Waals surface area contributed by atoms with E-state index in [1.165, 1.54) is 13.8 Å². The summed E-state index contributed by atoms with van der Waals surface area (Å²) in [5.74, 6) is -1.54. The summed E-state index contributed by atoms with van der Waals surface area (Å²) in [7, 11) is -7.27. The van der Waals surface area contributed by atoms with Crippen molar-refractivity contribution in [2.75, 3.05) is 0 Å². The lowest BCUT2D eigenvalue weighted by atomic mass is 10.1. The molecule has 10 nitrogen and oxygen atoms in total. The maximum atomic E-state index is 12.5. The molecule has 0 saturated carbocycles. The zero-order valence-electron chi connectivity index (χ0n) is 16.8. The highest BCUT2D eigenvalue weighted by atomic mass is 32.2. The van der Waals surface area contributed by atoms with Crippen molar-refractivity contribution in [1.29, 1.82) is 0 Å². The Morgan fingerprint density at radius 2 is 0.900 bits per heavy atom. The third-order valence-electron chi connectivity index (χ3n) is 4.54. The summed E-state index contributed by atoms with van der Waals surface area (Å²) in [4.78, 5) is 14.8. The number of halogens is 2. The largest absolute Gasteiger partial charge is 0.238 e. The first kappa shape index (κ1) is 25.9. The van der Waals surface area contributed by atoms with Gasteiger partial charge in [0.2, 0.25) is 20.0 Å². The maximum absolute atomic E-state index is 12.5. The predicted molar refractivity (Wildman–Crippen MR) is 106 cm³/mol. The number of nitrogens with zero attached hydrogens (tertiary/aromatic N) is 4. The molecule has 0 spiro atoms. The summed E-state index contributed by atoms with van der Waals surface area (Å²) in [5, 5.41) is 8.37. The highest BCUT2D eigenvalue weighted by Crippen LogP contribution is 2.19. The molecule has 0 aliphatic carbocycles. The molecule has 30 heavy (non-hydrogen) atoms. The molecule has 0 amide bonds. The van der Waals surface area contributed by atoms with E-state index in [0.717, 1.165) is 24.8 Å². The van der Waals surface area contributed by atoms with Gasteiger partial charge in [-0.25, -0.2) is 55.8 Å². The Labute approximate surface area is 174 Å². The topological polar surface area (TPSA) is 172 Å². The summed E-state index contributed by atoms with van der Waals surface area (Å²) in [6.07, 6.45) is 3.98. The van der Waals surface area contributed by atoms with Gasteiger partial charge >= 0.3 is 0 Å². The highest BCUT2D eigenvalue weighted by Gasteiger charge is 2.27.